The minimum atomic E-state index is -0.202. The summed E-state index contributed by atoms with van der Waals surface area (Å²) in [5, 5.41) is 7.07. The maximum atomic E-state index is 13.1. The third-order valence-corrected chi connectivity index (χ3v) is 2.55. The lowest BCUT2D eigenvalue weighted by atomic mass is 10.1. The minimum absolute atomic E-state index is 0.202. The van der Waals surface area contributed by atoms with E-state index in [4.69, 9.17) is 0 Å². The Labute approximate surface area is 100 Å². The topological polar surface area (TPSA) is 41.6 Å². The summed E-state index contributed by atoms with van der Waals surface area (Å²) in [4.78, 5) is 4.40. The highest BCUT2D eigenvalue weighted by Gasteiger charge is 2.08. The SMILES string of the molecule is Cc1cc(-c2n[nH]c(CC(C)C)n2)ccc1F. The van der Waals surface area contributed by atoms with Crippen molar-refractivity contribution < 1.29 is 4.39 Å². The minimum Gasteiger partial charge on any atom is -0.263 e. The number of benzene rings is 1. The number of hydrogen-bond donors (Lipinski definition) is 1. The Hall–Kier alpha value is -1.71. The molecule has 0 aliphatic rings. The maximum Gasteiger partial charge on any atom is 0.181 e. The number of rotatable bonds is 3. The molecular formula is C13H16FN3. The molecule has 2 rings (SSSR count). The molecule has 1 heterocycles. The Morgan fingerprint density at radius 1 is 1.35 bits per heavy atom. The first-order chi connectivity index (χ1) is 8.06. The second-order valence-corrected chi connectivity index (χ2v) is 4.67. The number of aryl methyl sites for hydroxylation is 1. The van der Waals surface area contributed by atoms with Crippen LogP contribution in [0.2, 0.25) is 0 Å². The van der Waals surface area contributed by atoms with E-state index in [1.807, 2.05) is 0 Å². The van der Waals surface area contributed by atoms with Gasteiger partial charge in [-0.25, -0.2) is 9.37 Å². The van der Waals surface area contributed by atoms with Gasteiger partial charge in [0.1, 0.15) is 11.6 Å². The summed E-state index contributed by atoms with van der Waals surface area (Å²) in [6.07, 6.45) is 0.868. The molecule has 0 radical (unpaired) electrons. The maximum absolute atomic E-state index is 13.1. The van der Waals surface area contributed by atoms with Crippen molar-refractivity contribution in [3.05, 3.63) is 35.4 Å². The van der Waals surface area contributed by atoms with E-state index in [2.05, 4.69) is 29.0 Å². The summed E-state index contributed by atoms with van der Waals surface area (Å²) in [5.74, 6) is 1.83. The van der Waals surface area contributed by atoms with Gasteiger partial charge in [-0.1, -0.05) is 13.8 Å². The molecule has 2 aromatic rings. The standard InChI is InChI=1S/C13H16FN3/c1-8(2)6-12-15-13(17-16-12)10-4-5-11(14)9(3)7-10/h4-5,7-8H,6H2,1-3H3,(H,15,16,17). The number of halogens is 1. The fourth-order valence-electron chi connectivity index (χ4n) is 1.69. The lowest BCUT2D eigenvalue weighted by Crippen LogP contribution is -1.95. The van der Waals surface area contributed by atoms with Crippen LogP contribution in [0.5, 0.6) is 0 Å². The van der Waals surface area contributed by atoms with E-state index in [9.17, 15) is 4.39 Å². The molecule has 1 aromatic carbocycles. The van der Waals surface area contributed by atoms with E-state index in [1.54, 1.807) is 19.1 Å². The van der Waals surface area contributed by atoms with Gasteiger partial charge in [-0.3, -0.25) is 5.10 Å². The van der Waals surface area contributed by atoms with E-state index >= 15 is 0 Å². The molecule has 0 fully saturated rings. The molecule has 0 aliphatic heterocycles. The van der Waals surface area contributed by atoms with Crippen LogP contribution in [0.3, 0.4) is 0 Å². The summed E-state index contributed by atoms with van der Waals surface area (Å²) in [5.41, 5.74) is 1.45. The highest BCUT2D eigenvalue weighted by atomic mass is 19.1. The van der Waals surface area contributed by atoms with E-state index in [0.29, 0.717) is 17.3 Å². The fourth-order valence-corrected chi connectivity index (χ4v) is 1.69. The van der Waals surface area contributed by atoms with Gasteiger partial charge in [0.05, 0.1) is 0 Å². The molecule has 0 unspecified atom stereocenters. The Morgan fingerprint density at radius 2 is 2.12 bits per heavy atom. The molecule has 3 nitrogen and oxygen atoms in total. The van der Waals surface area contributed by atoms with Gasteiger partial charge < -0.3 is 0 Å². The first-order valence-electron chi connectivity index (χ1n) is 5.74. The monoisotopic (exact) mass is 233 g/mol. The summed E-state index contributed by atoms with van der Waals surface area (Å²) in [6, 6.07) is 4.91. The molecule has 1 N–H and O–H groups in total. The van der Waals surface area contributed by atoms with Crippen LogP contribution in [-0.4, -0.2) is 15.2 Å². The van der Waals surface area contributed by atoms with Crippen molar-refractivity contribution in [2.45, 2.75) is 27.2 Å². The molecule has 90 valence electrons. The fraction of sp³-hybridized carbons (Fsp3) is 0.385. The Morgan fingerprint density at radius 3 is 2.76 bits per heavy atom. The number of nitrogens with zero attached hydrogens (tertiary/aromatic N) is 2. The van der Waals surface area contributed by atoms with Gasteiger partial charge in [-0.2, -0.15) is 5.10 Å². The molecule has 0 spiro atoms. The lowest BCUT2D eigenvalue weighted by Gasteiger charge is -1.99. The molecule has 0 atom stereocenters. The summed E-state index contributed by atoms with van der Waals surface area (Å²) >= 11 is 0. The zero-order valence-corrected chi connectivity index (χ0v) is 10.3. The Bertz CT molecular complexity index is 517. The van der Waals surface area contributed by atoms with Crippen LogP contribution >= 0.6 is 0 Å². The predicted molar refractivity (Wildman–Crippen MR) is 65.1 cm³/mol. The third kappa shape index (κ3) is 2.70. The smallest absolute Gasteiger partial charge is 0.181 e. The van der Waals surface area contributed by atoms with Crippen molar-refractivity contribution in [3.8, 4) is 11.4 Å². The van der Waals surface area contributed by atoms with Gasteiger partial charge in [-0.05, 0) is 36.6 Å². The lowest BCUT2D eigenvalue weighted by molar-refractivity contribution is 0.618. The van der Waals surface area contributed by atoms with Crippen LogP contribution in [-0.2, 0) is 6.42 Å². The second-order valence-electron chi connectivity index (χ2n) is 4.67. The largest absolute Gasteiger partial charge is 0.263 e. The summed E-state index contributed by atoms with van der Waals surface area (Å²) < 4.78 is 13.1. The van der Waals surface area contributed by atoms with Gasteiger partial charge in [0.25, 0.3) is 0 Å². The molecule has 0 bridgehead atoms. The van der Waals surface area contributed by atoms with E-state index in [1.165, 1.54) is 6.07 Å². The molecule has 0 saturated heterocycles. The number of nitrogens with one attached hydrogen (secondary N) is 1. The van der Waals surface area contributed by atoms with Crippen molar-refractivity contribution in [3.63, 3.8) is 0 Å². The van der Waals surface area contributed by atoms with Crippen LogP contribution in [0.4, 0.5) is 4.39 Å². The number of aromatic amines is 1. The second kappa shape index (κ2) is 4.65. The third-order valence-electron chi connectivity index (χ3n) is 2.55. The van der Waals surface area contributed by atoms with Crippen LogP contribution < -0.4 is 0 Å². The molecule has 0 amide bonds. The van der Waals surface area contributed by atoms with Gasteiger partial charge in [0, 0.05) is 12.0 Å². The average Bonchev–Trinajstić information content (AvgIpc) is 2.69. The molecule has 17 heavy (non-hydrogen) atoms. The first kappa shape index (κ1) is 11.8. The number of aromatic nitrogens is 3. The Balaban J connectivity index is 2.27. The van der Waals surface area contributed by atoms with Crippen LogP contribution in [0.1, 0.15) is 25.2 Å². The first-order valence-corrected chi connectivity index (χ1v) is 5.74. The van der Waals surface area contributed by atoms with Gasteiger partial charge in [0.2, 0.25) is 0 Å². The molecule has 1 aromatic heterocycles. The van der Waals surface area contributed by atoms with Gasteiger partial charge >= 0.3 is 0 Å². The van der Waals surface area contributed by atoms with Crippen LogP contribution in [0.15, 0.2) is 18.2 Å². The average molecular weight is 233 g/mol. The summed E-state index contributed by atoms with van der Waals surface area (Å²) in [7, 11) is 0. The molecule has 0 aliphatic carbocycles. The van der Waals surface area contributed by atoms with Gasteiger partial charge in [-0.15, -0.1) is 0 Å². The van der Waals surface area contributed by atoms with E-state index in [0.717, 1.165) is 17.8 Å². The highest BCUT2D eigenvalue weighted by molar-refractivity contribution is 5.55. The quantitative estimate of drug-likeness (QED) is 0.885. The zero-order valence-electron chi connectivity index (χ0n) is 10.3. The normalized spacial score (nSPS) is 11.1. The van der Waals surface area contributed by atoms with Gasteiger partial charge in [0.15, 0.2) is 5.82 Å². The number of H-pyrrole nitrogens is 1. The highest BCUT2D eigenvalue weighted by Crippen LogP contribution is 2.18. The van der Waals surface area contributed by atoms with E-state index < -0.39 is 0 Å². The molecule has 4 heteroatoms. The van der Waals surface area contributed by atoms with Crippen molar-refractivity contribution in [2.24, 2.45) is 5.92 Å². The van der Waals surface area contributed by atoms with Crippen LogP contribution in [0.25, 0.3) is 11.4 Å². The summed E-state index contributed by atoms with van der Waals surface area (Å²) in [6.45, 7) is 6.00. The van der Waals surface area contributed by atoms with Crippen molar-refractivity contribution in [1.29, 1.82) is 0 Å². The van der Waals surface area contributed by atoms with E-state index in [-0.39, 0.29) is 5.82 Å². The van der Waals surface area contributed by atoms with Crippen molar-refractivity contribution >= 4 is 0 Å². The van der Waals surface area contributed by atoms with Crippen LogP contribution in [0, 0.1) is 18.7 Å². The zero-order chi connectivity index (χ0) is 12.4. The van der Waals surface area contributed by atoms with Crippen molar-refractivity contribution in [2.75, 3.05) is 0 Å². The molecular weight excluding hydrogens is 217 g/mol. The molecule has 0 saturated carbocycles. The predicted octanol–water partition coefficient (Wildman–Crippen LogP) is 3.12. The van der Waals surface area contributed by atoms with Crippen molar-refractivity contribution in [1.82, 2.24) is 15.2 Å². The number of hydrogen-bond acceptors (Lipinski definition) is 2. The Kier molecular flexibility index (Phi) is 3.22.